The third-order valence-corrected chi connectivity index (χ3v) is 2.49. The van der Waals surface area contributed by atoms with E-state index in [0.29, 0.717) is 5.56 Å². The Balaban J connectivity index is 3.23. The van der Waals surface area contributed by atoms with Crippen molar-refractivity contribution in [3.05, 3.63) is 29.3 Å². The van der Waals surface area contributed by atoms with Gasteiger partial charge in [0, 0.05) is 5.56 Å². The van der Waals surface area contributed by atoms with Crippen molar-refractivity contribution in [1.29, 1.82) is 0 Å². The Morgan fingerprint density at radius 3 is 2.47 bits per heavy atom. The van der Waals surface area contributed by atoms with Crippen LogP contribution in [-0.2, 0) is 5.41 Å². The molecule has 0 atom stereocenters. The predicted molar refractivity (Wildman–Crippen MR) is 61.9 cm³/mol. The van der Waals surface area contributed by atoms with E-state index in [1.807, 2.05) is 20.8 Å². The predicted octanol–water partition coefficient (Wildman–Crippen LogP) is 3.11. The molecule has 0 aliphatic rings. The first-order valence-corrected chi connectivity index (χ1v) is 5.32. The monoisotopic (exact) mass is 226 g/mol. The van der Waals surface area contributed by atoms with Gasteiger partial charge in [-0.2, -0.15) is 0 Å². The van der Waals surface area contributed by atoms with E-state index in [9.17, 15) is 9.90 Å². The van der Waals surface area contributed by atoms with Gasteiger partial charge in [-0.05, 0) is 29.2 Å². The van der Waals surface area contributed by atoms with Gasteiger partial charge >= 0.3 is 0 Å². The van der Waals surface area contributed by atoms with Gasteiger partial charge in [0.15, 0.2) is 5.78 Å². The molecule has 0 spiro atoms. The zero-order valence-corrected chi connectivity index (χ0v) is 9.93. The molecule has 82 valence electrons. The topological polar surface area (TPSA) is 37.3 Å². The normalized spacial score (nSPS) is 11.5. The van der Waals surface area contributed by atoms with Crippen LogP contribution < -0.4 is 0 Å². The number of phenolic OH excluding ortho intramolecular Hbond substituents is 1. The lowest BCUT2D eigenvalue weighted by Gasteiger charge is -2.20. The lowest BCUT2D eigenvalue weighted by atomic mass is 9.85. The van der Waals surface area contributed by atoms with Gasteiger partial charge in [0.1, 0.15) is 5.75 Å². The molecule has 1 N–H and O–H groups in total. The highest BCUT2D eigenvalue weighted by Gasteiger charge is 2.19. The second-order valence-corrected chi connectivity index (χ2v) is 4.81. The smallest absolute Gasteiger partial charge is 0.177 e. The van der Waals surface area contributed by atoms with E-state index >= 15 is 0 Å². The number of carbonyl (C=O) groups is 1. The van der Waals surface area contributed by atoms with E-state index in [0.717, 1.165) is 5.56 Å². The van der Waals surface area contributed by atoms with Crippen LogP contribution in [0.15, 0.2) is 18.2 Å². The minimum Gasteiger partial charge on any atom is -0.508 e. The van der Waals surface area contributed by atoms with Crippen LogP contribution in [0.3, 0.4) is 0 Å². The van der Waals surface area contributed by atoms with Gasteiger partial charge in [-0.3, -0.25) is 4.79 Å². The number of alkyl halides is 1. The second kappa shape index (κ2) is 4.23. The largest absolute Gasteiger partial charge is 0.508 e. The maximum absolute atomic E-state index is 11.4. The Morgan fingerprint density at radius 2 is 2.00 bits per heavy atom. The van der Waals surface area contributed by atoms with Gasteiger partial charge in [0.25, 0.3) is 0 Å². The molecule has 1 aromatic rings. The second-order valence-electron chi connectivity index (χ2n) is 4.54. The Kier molecular flexibility index (Phi) is 3.40. The van der Waals surface area contributed by atoms with E-state index in [-0.39, 0.29) is 22.8 Å². The fourth-order valence-corrected chi connectivity index (χ4v) is 1.54. The molecule has 0 aliphatic heterocycles. The molecule has 0 bridgehead atoms. The van der Waals surface area contributed by atoms with E-state index in [1.54, 1.807) is 18.2 Å². The number of aromatic hydroxyl groups is 1. The van der Waals surface area contributed by atoms with E-state index < -0.39 is 0 Å². The SMILES string of the molecule is CC(C)(C)c1cc(C(=O)CCl)ccc1O. The Labute approximate surface area is 94.9 Å². The summed E-state index contributed by atoms with van der Waals surface area (Å²) in [6.45, 7) is 5.95. The first-order valence-electron chi connectivity index (χ1n) is 4.79. The van der Waals surface area contributed by atoms with Gasteiger partial charge < -0.3 is 5.11 Å². The summed E-state index contributed by atoms with van der Waals surface area (Å²) >= 11 is 5.48. The van der Waals surface area contributed by atoms with Crippen molar-refractivity contribution < 1.29 is 9.90 Å². The molecule has 1 rings (SSSR count). The van der Waals surface area contributed by atoms with Crippen LogP contribution in [-0.4, -0.2) is 16.8 Å². The zero-order chi connectivity index (χ0) is 11.6. The van der Waals surface area contributed by atoms with E-state index in [4.69, 9.17) is 11.6 Å². The number of halogens is 1. The number of benzene rings is 1. The number of hydrogen-bond donors (Lipinski definition) is 1. The molecule has 0 fully saturated rings. The first-order chi connectivity index (χ1) is 6.86. The molecule has 0 amide bonds. The molecule has 1 aromatic carbocycles. The van der Waals surface area contributed by atoms with Gasteiger partial charge in [-0.1, -0.05) is 20.8 Å². The molecular weight excluding hydrogens is 212 g/mol. The van der Waals surface area contributed by atoms with Crippen molar-refractivity contribution in [2.45, 2.75) is 26.2 Å². The number of phenols is 1. The fourth-order valence-electron chi connectivity index (χ4n) is 1.39. The zero-order valence-electron chi connectivity index (χ0n) is 9.17. The Bertz CT molecular complexity index is 378. The molecule has 2 nitrogen and oxygen atoms in total. The first kappa shape index (κ1) is 12.1. The van der Waals surface area contributed by atoms with Crippen LogP contribution in [0.4, 0.5) is 0 Å². The fraction of sp³-hybridized carbons (Fsp3) is 0.417. The van der Waals surface area contributed by atoms with Gasteiger partial charge in [-0.25, -0.2) is 0 Å². The van der Waals surface area contributed by atoms with Crippen LogP contribution in [0, 0.1) is 0 Å². The summed E-state index contributed by atoms with van der Waals surface area (Å²) in [5.41, 5.74) is 1.12. The minimum absolute atomic E-state index is 0.0334. The molecule has 15 heavy (non-hydrogen) atoms. The highest BCUT2D eigenvalue weighted by molar-refractivity contribution is 6.30. The number of hydrogen-bond acceptors (Lipinski definition) is 2. The maximum atomic E-state index is 11.4. The molecule has 0 aromatic heterocycles. The Morgan fingerprint density at radius 1 is 1.40 bits per heavy atom. The molecule has 0 radical (unpaired) electrons. The summed E-state index contributed by atoms with van der Waals surface area (Å²) in [7, 11) is 0. The van der Waals surface area contributed by atoms with Crippen molar-refractivity contribution in [3.63, 3.8) is 0 Å². The minimum atomic E-state index is -0.188. The van der Waals surface area contributed by atoms with Crippen molar-refractivity contribution >= 4 is 17.4 Å². The van der Waals surface area contributed by atoms with E-state index in [1.165, 1.54) is 0 Å². The quantitative estimate of drug-likeness (QED) is 0.622. The number of ketones is 1. The summed E-state index contributed by atoms with van der Waals surface area (Å²) in [5, 5.41) is 9.68. The van der Waals surface area contributed by atoms with Crippen LogP contribution in [0.1, 0.15) is 36.7 Å². The molecule has 0 unspecified atom stereocenters. The van der Waals surface area contributed by atoms with Crippen molar-refractivity contribution in [2.24, 2.45) is 0 Å². The van der Waals surface area contributed by atoms with Crippen LogP contribution in [0.5, 0.6) is 5.75 Å². The Hall–Kier alpha value is -1.02. The summed E-state index contributed by atoms with van der Waals surface area (Å²) in [6, 6.07) is 4.84. The standard InChI is InChI=1S/C12H15ClO2/c1-12(2,3)9-6-8(11(15)7-13)4-5-10(9)14/h4-6,14H,7H2,1-3H3. The van der Waals surface area contributed by atoms with Gasteiger partial charge in [0.05, 0.1) is 5.88 Å². The lowest BCUT2D eigenvalue weighted by Crippen LogP contribution is -2.13. The van der Waals surface area contributed by atoms with E-state index in [2.05, 4.69) is 0 Å². The summed E-state index contributed by atoms with van der Waals surface area (Å²) in [5.74, 6) is 0.0599. The molecule has 0 saturated carbocycles. The highest BCUT2D eigenvalue weighted by Crippen LogP contribution is 2.31. The summed E-state index contributed by atoms with van der Waals surface area (Å²) in [6.07, 6.45) is 0. The molecular formula is C12H15ClO2. The van der Waals surface area contributed by atoms with Crippen molar-refractivity contribution in [2.75, 3.05) is 5.88 Å². The van der Waals surface area contributed by atoms with Crippen molar-refractivity contribution in [1.82, 2.24) is 0 Å². The summed E-state index contributed by atoms with van der Waals surface area (Å²) < 4.78 is 0. The highest BCUT2D eigenvalue weighted by atomic mass is 35.5. The molecule has 0 saturated heterocycles. The van der Waals surface area contributed by atoms with Crippen molar-refractivity contribution in [3.8, 4) is 5.75 Å². The van der Waals surface area contributed by atoms with Crippen LogP contribution >= 0.6 is 11.6 Å². The number of rotatable bonds is 2. The van der Waals surface area contributed by atoms with Crippen LogP contribution in [0.25, 0.3) is 0 Å². The van der Waals surface area contributed by atoms with Gasteiger partial charge in [-0.15, -0.1) is 11.6 Å². The third kappa shape index (κ3) is 2.72. The lowest BCUT2D eigenvalue weighted by molar-refractivity contribution is 0.102. The average Bonchev–Trinajstić information content (AvgIpc) is 2.15. The molecule has 3 heteroatoms. The summed E-state index contributed by atoms with van der Waals surface area (Å²) in [4.78, 5) is 11.4. The molecule has 0 heterocycles. The van der Waals surface area contributed by atoms with Gasteiger partial charge in [0.2, 0.25) is 0 Å². The number of Topliss-reactive ketones (excluding diaryl/α,β-unsaturated/α-hetero) is 1. The third-order valence-electron chi connectivity index (χ3n) is 2.25. The number of carbonyl (C=O) groups excluding carboxylic acids is 1. The maximum Gasteiger partial charge on any atom is 0.177 e. The molecule has 0 aliphatic carbocycles. The average molecular weight is 227 g/mol. The van der Waals surface area contributed by atoms with Crippen LogP contribution in [0.2, 0.25) is 0 Å².